The van der Waals surface area contributed by atoms with E-state index in [9.17, 15) is 13.6 Å². The van der Waals surface area contributed by atoms with E-state index in [-0.39, 0.29) is 17.7 Å². The molecule has 1 aromatic carbocycles. The molecule has 23 heavy (non-hydrogen) atoms. The Balaban J connectivity index is 1.76. The van der Waals surface area contributed by atoms with Gasteiger partial charge in [0.25, 0.3) is 0 Å². The van der Waals surface area contributed by atoms with E-state index in [4.69, 9.17) is 0 Å². The van der Waals surface area contributed by atoms with Crippen LogP contribution >= 0.6 is 11.3 Å². The third kappa shape index (κ3) is 5.98. The largest absolute Gasteiger partial charge is 0.435 e. The fourth-order valence-electron chi connectivity index (χ4n) is 2.21. The maximum atomic E-state index is 12.1. The molecule has 1 atom stereocenters. The van der Waals surface area contributed by atoms with Gasteiger partial charge >= 0.3 is 6.61 Å². The lowest BCUT2D eigenvalue weighted by Gasteiger charge is -2.15. The maximum Gasteiger partial charge on any atom is 0.387 e. The van der Waals surface area contributed by atoms with Crippen molar-refractivity contribution >= 4 is 17.2 Å². The normalized spacial score (nSPS) is 12.2. The van der Waals surface area contributed by atoms with Gasteiger partial charge in [0.05, 0.1) is 6.04 Å². The number of halogens is 2. The van der Waals surface area contributed by atoms with Gasteiger partial charge in [-0.05, 0) is 48.9 Å². The molecule has 1 heterocycles. The molecule has 0 fully saturated rings. The second-order valence-electron chi connectivity index (χ2n) is 5.17. The Morgan fingerprint density at radius 3 is 2.61 bits per heavy atom. The van der Waals surface area contributed by atoms with Crippen molar-refractivity contribution in [3.63, 3.8) is 0 Å². The summed E-state index contributed by atoms with van der Waals surface area (Å²) in [5, 5.41) is 4.94. The molecule has 124 valence electrons. The highest BCUT2D eigenvalue weighted by molar-refractivity contribution is 7.09. The molecular weight excluding hydrogens is 320 g/mol. The summed E-state index contributed by atoms with van der Waals surface area (Å²) in [4.78, 5) is 13.2. The van der Waals surface area contributed by atoms with E-state index in [0.29, 0.717) is 6.42 Å². The average molecular weight is 339 g/mol. The zero-order valence-electron chi connectivity index (χ0n) is 12.8. The van der Waals surface area contributed by atoms with Crippen LogP contribution in [-0.2, 0) is 11.2 Å². The van der Waals surface area contributed by atoms with Crippen molar-refractivity contribution in [3.05, 3.63) is 52.2 Å². The van der Waals surface area contributed by atoms with Gasteiger partial charge in [-0.15, -0.1) is 11.3 Å². The Morgan fingerprint density at radius 1 is 1.26 bits per heavy atom. The summed E-state index contributed by atoms with van der Waals surface area (Å²) < 4.78 is 28.5. The van der Waals surface area contributed by atoms with Crippen molar-refractivity contribution in [1.82, 2.24) is 5.32 Å². The second-order valence-corrected chi connectivity index (χ2v) is 6.20. The molecule has 6 heteroatoms. The molecule has 0 saturated carbocycles. The lowest BCUT2D eigenvalue weighted by atomic mass is 10.1. The summed E-state index contributed by atoms with van der Waals surface area (Å²) in [5.74, 6) is 0.0974. The minimum atomic E-state index is -2.83. The van der Waals surface area contributed by atoms with Crippen LogP contribution in [0.3, 0.4) is 0 Å². The van der Waals surface area contributed by atoms with Crippen LogP contribution in [0.2, 0.25) is 0 Å². The van der Waals surface area contributed by atoms with Crippen molar-refractivity contribution < 1.29 is 18.3 Å². The van der Waals surface area contributed by atoms with E-state index in [0.717, 1.165) is 18.4 Å². The van der Waals surface area contributed by atoms with Crippen molar-refractivity contribution in [3.8, 4) is 5.75 Å². The summed E-state index contributed by atoms with van der Waals surface area (Å²) >= 11 is 1.69. The predicted octanol–water partition coefficient (Wildman–Crippen LogP) is 4.55. The quantitative estimate of drug-likeness (QED) is 0.766. The summed E-state index contributed by atoms with van der Waals surface area (Å²) in [7, 11) is 0. The molecule has 1 N–H and O–H groups in total. The first-order valence-corrected chi connectivity index (χ1v) is 8.29. The van der Waals surface area contributed by atoms with Crippen molar-refractivity contribution in [2.45, 2.75) is 38.8 Å². The molecule has 0 radical (unpaired) electrons. The van der Waals surface area contributed by atoms with Crippen LogP contribution < -0.4 is 10.1 Å². The van der Waals surface area contributed by atoms with E-state index in [2.05, 4.69) is 16.1 Å². The fraction of sp³-hybridized carbons (Fsp3) is 0.353. The Kier molecular flexibility index (Phi) is 6.52. The lowest BCUT2D eigenvalue weighted by molar-refractivity contribution is -0.121. The van der Waals surface area contributed by atoms with Crippen LogP contribution in [0.5, 0.6) is 5.75 Å². The average Bonchev–Trinajstić information content (AvgIpc) is 3.00. The number of alkyl halides is 2. The molecular formula is C17H19F2NO2S. The third-order valence-electron chi connectivity index (χ3n) is 3.39. The number of carbonyl (C=O) groups is 1. The molecule has 0 spiro atoms. The van der Waals surface area contributed by atoms with Gasteiger partial charge in [-0.25, -0.2) is 0 Å². The molecule has 1 aromatic heterocycles. The van der Waals surface area contributed by atoms with Crippen LogP contribution in [0.25, 0.3) is 0 Å². The molecule has 1 amide bonds. The first-order valence-electron chi connectivity index (χ1n) is 7.41. The highest BCUT2D eigenvalue weighted by atomic mass is 32.1. The molecule has 0 bridgehead atoms. The van der Waals surface area contributed by atoms with Crippen LogP contribution in [0.4, 0.5) is 8.78 Å². The van der Waals surface area contributed by atoms with Crippen molar-refractivity contribution in [2.75, 3.05) is 0 Å². The van der Waals surface area contributed by atoms with E-state index in [1.54, 1.807) is 23.5 Å². The highest BCUT2D eigenvalue weighted by Gasteiger charge is 2.10. The Morgan fingerprint density at radius 2 is 2.00 bits per heavy atom. The molecule has 0 aliphatic rings. The number of amides is 1. The molecule has 2 aromatic rings. The highest BCUT2D eigenvalue weighted by Crippen LogP contribution is 2.19. The maximum absolute atomic E-state index is 12.1. The van der Waals surface area contributed by atoms with Gasteiger partial charge in [-0.2, -0.15) is 8.78 Å². The number of ether oxygens (including phenoxy) is 1. The number of benzene rings is 1. The smallest absolute Gasteiger partial charge is 0.387 e. The summed E-state index contributed by atoms with van der Waals surface area (Å²) in [6, 6.07) is 10.2. The number of carbonyl (C=O) groups excluding carboxylic acids is 1. The monoisotopic (exact) mass is 339 g/mol. The summed E-state index contributed by atoms with van der Waals surface area (Å²) in [5.41, 5.74) is 0.846. The molecule has 2 rings (SSSR count). The van der Waals surface area contributed by atoms with Crippen LogP contribution in [-0.4, -0.2) is 12.5 Å². The Hall–Kier alpha value is -1.95. The Bertz CT molecular complexity index is 600. The molecule has 0 aliphatic heterocycles. The van der Waals surface area contributed by atoms with Gasteiger partial charge < -0.3 is 10.1 Å². The van der Waals surface area contributed by atoms with Gasteiger partial charge in [0.1, 0.15) is 5.75 Å². The van der Waals surface area contributed by atoms with Gasteiger partial charge in [0, 0.05) is 11.3 Å². The predicted molar refractivity (Wildman–Crippen MR) is 86.9 cm³/mol. The Labute approximate surface area is 138 Å². The molecule has 3 nitrogen and oxygen atoms in total. The summed E-state index contributed by atoms with van der Waals surface area (Å²) in [6.07, 6.45) is 2.17. The van der Waals surface area contributed by atoms with Crippen LogP contribution in [0.15, 0.2) is 41.8 Å². The summed E-state index contributed by atoms with van der Waals surface area (Å²) in [6.45, 7) is -0.971. The van der Waals surface area contributed by atoms with Crippen molar-refractivity contribution in [1.29, 1.82) is 0 Å². The van der Waals surface area contributed by atoms with E-state index in [1.165, 1.54) is 17.0 Å². The molecule has 0 aliphatic carbocycles. The van der Waals surface area contributed by atoms with Crippen molar-refractivity contribution in [2.24, 2.45) is 0 Å². The standard InChI is InChI=1S/C17H19F2NO2S/c1-12(13-7-9-14(10-8-13)22-17(18)19)20-16(21)6-2-4-15-5-3-11-23-15/h3,5,7-12,17H,2,4,6H2,1H3,(H,20,21). The number of rotatable bonds is 8. The molecule has 1 unspecified atom stereocenters. The minimum Gasteiger partial charge on any atom is -0.435 e. The van der Waals surface area contributed by atoms with Gasteiger partial charge in [0.15, 0.2) is 0 Å². The first-order chi connectivity index (χ1) is 11.0. The zero-order chi connectivity index (χ0) is 16.7. The van der Waals surface area contributed by atoms with Gasteiger partial charge in [-0.1, -0.05) is 18.2 Å². The lowest BCUT2D eigenvalue weighted by Crippen LogP contribution is -2.26. The van der Waals surface area contributed by atoms with Crippen LogP contribution in [0, 0.1) is 0 Å². The van der Waals surface area contributed by atoms with Gasteiger partial charge in [0.2, 0.25) is 5.91 Å². The topological polar surface area (TPSA) is 38.3 Å². The van der Waals surface area contributed by atoms with E-state index < -0.39 is 6.61 Å². The van der Waals surface area contributed by atoms with E-state index >= 15 is 0 Å². The number of hydrogen-bond acceptors (Lipinski definition) is 3. The number of nitrogens with one attached hydrogen (secondary N) is 1. The molecule has 0 saturated heterocycles. The zero-order valence-corrected chi connectivity index (χ0v) is 13.6. The van der Waals surface area contributed by atoms with Gasteiger partial charge in [-0.3, -0.25) is 4.79 Å². The minimum absolute atomic E-state index is 0.0121. The number of thiophene rings is 1. The third-order valence-corrected chi connectivity index (χ3v) is 4.33. The SMILES string of the molecule is CC(NC(=O)CCCc1cccs1)c1ccc(OC(F)F)cc1. The number of aryl methyl sites for hydroxylation is 1. The van der Waals surface area contributed by atoms with Crippen LogP contribution in [0.1, 0.15) is 36.2 Å². The van der Waals surface area contributed by atoms with E-state index in [1.807, 2.05) is 18.4 Å². The number of hydrogen-bond donors (Lipinski definition) is 1. The second kappa shape index (κ2) is 8.62. The fourth-order valence-corrected chi connectivity index (χ4v) is 2.96. The first kappa shape index (κ1) is 17.4.